The first-order chi connectivity index (χ1) is 15.6. The SMILES string of the molecule is O=c1oc(-c2ccc(O)c(O)c2)c(O)c2cc(OC3OC(CO)C(O)C(O)C3O)cc(O)c12. The number of benzene rings is 2. The standard InChI is InChI=1S/C21H20O12/c22-6-13-16(27)17(28)18(29)21(32-13)31-8-4-9-14(12(25)5-8)20(30)33-19(15(9)26)7-1-2-10(23)11(24)3-7/h1-5,13,16-18,21-29H,6H2. The minimum atomic E-state index is -1.73. The van der Waals surface area contributed by atoms with Crippen molar-refractivity contribution >= 4 is 10.8 Å². The Kier molecular flexibility index (Phi) is 5.78. The lowest BCUT2D eigenvalue weighted by molar-refractivity contribution is -0.277. The monoisotopic (exact) mass is 464 g/mol. The molecule has 8 N–H and O–H groups in total. The van der Waals surface area contributed by atoms with Gasteiger partial charge in [0, 0.05) is 17.0 Å². The van der Waals surface area contributed by atoms with Crippen LogP contribution in [0.15, 0.2) is 39.5 Å². The molecule has 4 rings (SSSR count). The number of aliphatic hydroxyl groups is 4. The van der Waals surface area contributed by atoms with Gasteiger partial charge in [0.25, 0.3) is 0 Å². The predicted molar refractivity (Wildman–Crippen MR) is 109 cm³/mol. The van der Waals surface area contributed by atoms with Crippen molar-refractivity contribution in [2.75, 3.05) is 6.61 Å². The van der Waals surface area contributed by atoms with Crippen LogP contribution < -0.4 is 10.4 Å². The highest BCUT2D eigenvalue weighted by molar-refractivity contribution is 5.96. The topological polar surface area (TPSA) is 211 Å². The summed E-state index contributed by atoms with van der Waals surface area (Å²) in [4.78, 5) is 12.5. The highest BCUT2D eigenvalue weighted by Gasteiger charge is 2.44. The molecule has 12 nitrogen and oxygen atoms in total. The van der Waals surface area contributed by atoms with Crippen LogP contribution in [0, 0.1) is 0 Å². The number of ether oxygens (including phenoxy) is 2. The second-order valence-corrected chi connectivity index (χ2v) is 7.45. The van der Waals surface area contributed by atoms with E-state index < -0.39 is 65.9 Å². The highest BCUT2D eigenvalue weighted by atomic mass is 16.7. The molecular formula is C21H20O12. The van der Waals surface area contributed by atoms with Crippen molar-refractivity contribution < 1.29 is 54.7 Å². The Morgan fingerprint density at radius 2 is 1.61 bits per heavy atom. The molecule has 2 heterocycles. The summed E-state index contributed by atoms with van der Waals surface area (Å²) >= 11 is 0. The minimum absolute atomic E-state index is 0.0431. The van der Waals surface area contributed by atoms with Crippen LogP contribution in [0.4, 0.5) is 0 Å². The van der Waals surface area contributed by atoms with Crippen molar-refractivity contribution in [3.63, 3.8) is 0 Å². The fourth-order valence-corrected chi connectivity index (χ4v) is 3.54. The second kappa shape index (κ2) is 8.42. The van der Waals surface area contributed by atoms with E-state index in [-0.39, 0.29) is 27.8 Å². The van der Waals surface area contributed by atoms with E-state index in [1.54, 1.807) is 0 Å². The first kappa shape index (κ1) is 22.6. The molecule has 0 amide bonds. The van der Waals surface area contributed by atoms with Crippen LogP contribution in [0.25, 0.3) is 22.1 Å². The van der Waals surface area contributed by atoms with Crippen molar-refractivity contribution in [3.05, 3.63) is 40.8 Å². The molecule has 176 valence electrons. The third-order valence-electron chi connectivity index (χ3n) is 5.30. The Bertz CT molecular complexity index is 1250. The van der Waals surface area contributed by atoms with Crippen LogP contribution in [0.5, 0.6) is 28.7 Å². The maximum Gasteiger partial charge on any atom is 0.348 e. The molecule has 0 bridgehead atoms. The largest absolute Gasteiger partial charge is 0.507 e. The number of hydrogen-bond donors (Lipinski definition) is 8. The molecule has 33 heavy (non-hydrogen) atoms. The number of phenolic OH excluding ortho intramolecular Hbond substituents is 3. The van der Waals surface area contributed by atoms with Gasteiger partial charge >= 0.3 is 5.63 Å². The molecule has 1 saturated heterocycles. The summed E-state index contributed by atoms with van der Waals surface area (Å²) in [6.07, 6.45) is -7.85. The molecule has 1 aliphatic rings. The van der Waals surface area contributed by atoms with Gasteiger partial charge in [-0.3, -0.25) is 0 Å². The van der Waals surface area contributed by atoms with Crippen LogP contribution in [-0.4, -0.2) is 78.2 Å². The van der Waals surface area contributed by atoms with Gasteiger partial charge in [-0.2, -0.15) is 0 Å². The van der Waals surface area contributed by atoms with E-state index in [1.807, 2.05) is 0 Å². The van der Waals surface area contributed by atoms with E-state index in [0.717, 1.165) is 24.3 Å². The van der Waals surface area contributed by atoms with Crippen molar-refractivity contribution in [2.45, 2.75) is 30.7 Å². The van der Waals surface area contributed by atoms with Crippen molar-refractivity contribution in [1.29, 1.82) is 0 Å². The average molecular weight is 464 g/mol. The molecule has 3 aromatic rings. The molecule has 0 aliphatic carbocycles. The number of aliphatic hydroxyl groups excluding tert-OH is 4. The fourth-order valence-electron chi connectivity index (χ4n) is 3.54. The fraction of sp³-hybridized carbons (Fsp3) is 0.286. The van der Waals surface area contributed by atoms with Gasteiger partial charge in [-0.1, -0.05) is 0 Å². The quantitative estimate of drug-likeness (QED) is 0.229. The molecule has 12 heteroatoms. The Balaban J connectivity index is 1.78. The zero-order valence-electron chi connectivity index (χ0n) is 16.7. The summed E-state index contributed by atoms with van der Waals surface area (Å²) in [6, 6.07) is 5.55. The third kappa shape index (κ3) is 3.90. The van der Waals surface area contributed by atoms with Crippen LogP contribution >= 0.6 is 0 Å². The Labute approximate surface area is 184 Å². The van der Waals surface area contributed by atoms with E-state index >= 15 is 0 Å². The van der Waals surface area contributed by atoms with E-state index in [0.29, 0.717) is 0 Å². The van der Waals surface area contributed by atoms with E-state index in [1.165, 1.54) is 6.07 Å². The van der Waals surface area contributed by atoms with Crippen LogP contribution in [0.3, 0.4) is 0 Å². The molecule has 5 unspecified atom stereocenters. The van der Waals surface area contributed by atoms with Crippen LogP contribution in [0.2, 0.25) is 0 Å². The maximum atomic E-state index is 12.5. The number of fused-ring (bicyclic) bond motifs is 1. The zero-order valence-corrected chi connectivity index (χ0v) is 16.7. The molecule has 2 aromatic carbocycles. The van der Waals surface area contributed by atoms with Gasteiger partial charge in [0.1, 0.15) is 41.3 Å². The number of aromatic hydroxyl groups is 4. The van der Waals surface area contributed by atoms with Gasteiger partial charge in [0.05, 0.1) is 6.61 Å². The molecule has 5 atom stereocenters. The summed E-state index contributed by atoms with van der Waals surface area (Å²) in [5.74, 6) is -2.79. The number of hydrogen-bond acceptors (Lipinski definition) is 12. The first-order valence-electron chi connectivity index (χ1n) is 9.64. The lowest BCUT2D eigenvalue weighted by Gasteiger charge is -2.39. The van der Waals surface area contributed by atoms with Crippen molar-refractivity contribution in [1.82, 2.24) is 0 Å². The Morgan fingerprint density at radius 3 is 2.27 bits per heavy atom. The van der Waals surface area contributed by atoms with Crippen LogP contribution in [0.1, 0.15) is 0 Å². The molecule has 0 spiro atoms. The third-order valence-corrected chi connectivity index (χ3v) is 5.30. The average Bonchev–Trinajstić information content (AvgIpc) is 2.78. The molecule has 1 fully saturated rings. The van der Waals surface area contributed by atoms with E-state index in [2.05, 4.69) is 0 Å². The molecule has 1 aliphatic heterocycles. The summed E-state index contributed by atoms with van der Waals surface area (Å²) in [6.45, 7) is -0.682. The van der Waals surface area contributed by atoms with Gasteiger partial charge in [0.2, 0.25) is 6.29 Å². The molecule has 0 radical (unpaired) electrons. The maximum absolute atomic E-state index is 12.5. The number of rotatable bonds is 4. The van der Waals surface area contributed by atoms with Gasteiger partial charge < -0.3 is 54.7 Å². The van der Waals surface area contributed by atoms with Gasteiger partial charge in [-0.25, -0.2) is 4.79 Å². The highest BCUT2D eigenvalue weighted by Crippen LogP contribution is 2.41. The predicted octanol–water partition coefficient (Wildman–Crippen LogP) is -0.539. The lowest BCUT2D eigenvalue weighted by Crippen LogP contribution is -2.60. The van der Waals surface area contributed by atoms with Crippen molar-refractivity contribution in [3.8, 4) is 40.1 Å². The smallest absolute Gasteiger partial charge is 0.348 e. The van der Waals surface area contributed by atoms with Gasteiger partial charge in [-0.15, -0.1) is 0 Å². The van der Waals surface area contributed by atoms with Crippen molar-refractivity contribution in [2.24, 2.45) is 0 Å². The van der Waals surface area contributed by atoms with Crippen LogP contribution in [-0.2, 0) is 4.74 Å². The summed E-state index contributed by atoms with van der Waals surface area (Å²) in [7, 11) is 0. The molecule has 1 aromatic heterocycles. The zero-order chi connectivity index (χ0) is 24.0. The minimum Gasteiger partial charge on any atom is -0.507 e. The second-order valence-electron chi connectivity index (χ2n) is 7.45. The lowest BCUT2D eigenvalue weighted by atomic mass is 9.99. The van der Waals surface area contributed by atoms with E-state index in [9.17, 15) is 45.6 Å². The normalized spacial score (nSPS) is 25.3. The number of phenols is 3. The van der Waals surface area contributed by atoms with E-state index in [4.69, 9.17) is 13.9 Å². The molecular weight excluding hydrogens is 444 g/mol. The summed E-state index contributed by atoms with van der Waals surface area (Å²) in [5, 5.41) is 78.8. The van der Waals surface area contributed by atoms with Gasteiger partial charge in [-0.05, 0) is 24.3 Å². The molecule has 0 saturated carbocycles. The summed E-state index contributed by atoms with van der Waals surface area (Å²) in [5.41, 5.74) is -0.983. The summed E-state index contributed by atoms with van der Waals surface area (Å²) < 4.78 is 15.8. The van der Waals surface area contributed by atoms with Gasteiger partial charge in [0.15, 0.2) is 23.0 Å². The Morgan fingerprint density at radius 1 is 0.879 bits per heavy atom. The first-order valence-corrected chi connectivity index (χ1v) is 9.64. The Hall–Kier alpha value is -3.55.